The van der Waals surface area contributed by atoms with Gasteiger partial charge >= 0.3 is 45.5 Å². The fourth-order valence-corrected chi connectivity index (χ4v) is 1.45. The van der Waals surface area contributed by atoms with Crippen molar-refractivity contribution >= 4 is 22.1 Å². The van der Waals surface area contributed by atoms with E-state index in [-0.39, 0.29) is 0 Å². The number of alkyl halides is 8. The van der Waals surface area contributed by atoms with Crippen molar-refractivity contribution in [3.63, 3.8) is 0 Å². The highest BCUT2D eigenvalue weighted by Gasteiger charge is 2.69. The van der Waals surface area contributed by atoms with Gasteiger partial charge in [0.25, 0.3) is 0 Å². The van der Waals surface area contributed by atoms with Crippen LogP contribution in [-0.2, 0) is 33.9 Å². The Balaban J connectivity index is 6.34. The Morgan fingerprint density at radius 1 is 1.03 bits per heavy atom. The maximum absolute atomic E-state index is 13.4. The summed E-state index contributed by atoms with van der Waals surface area (Å²) in [4.78, 5) is 23.2. The van der Waals surface area contributed by atoms with Crippen LogP contribution < -0.4 is 0 Å². The Kier molecular flexibility index (Phi) is 7.81. The zero-order valence-corrected chi connectivity index (χ0v) is 15.0. The second-order valence-corrected chi connectivity index (χ2v) is 6.88. The molecule has 170 valence electrons. The van der Waals surface area contributed by atoms with Gasteiger partial charge in [0.05, 0.1) is 6.10 Å². The molecule has 0 saturated heterocycles. The first kappa shape index (κ1) is 27.0. The first-order chi connectivity index (χ1) is 12.6. The van der Waals surface area contributed by atoms with E-state index in [9.17, 15) is 53.1 Å². The Bertz CT molecular complexity index is 755. The zero-order valence-electron chi connectivity index (χ0n) is 14.2. The molecule has 17 heteroatoms. The minimum Gasteiger partial charge on any atom is -0.458 e. The highest BCUT2D eigenvalue weighted by Crippen LogP contribution is 2.40. The van der Waals surface area contributed by atoms with Gasteiger partial charge in [0.2, 0.25) is 0 Å². The van der Waals surface area contributed by atoms with Gasteiger partial charge in [0.1, 0.15) is 12.2 Å². The van der Waals surface area contributed by atoms with Crippen molar-refractivity contribution in [2.75, 3.05) is 6.61 Å². The number of carbonyl (C=O) groups excluding carboxylic acids is 2. The number of rotatable bonds is 8. The third-order valence-corrected chi connectivity index (χ3v) is 3.50. The van der Waals surface area contributed by atoms with Crippen molar-refractivity contribution in [3.8, 4) is 0 Å². The van der Waals surface area contributed by atoms with Crippen LogP contribution in [-0.4, -0.2) is 61.0 Å². The molecule has 1 unspecified atom stereocenters. The number of halogens is 8. The van der Waals surface area contributed by atoms with Crippen LogP contribution in [0.3, 0.4) is 0 Å². The van der Waals surface area contributed by atoms with Crippen LogP contribution in [0.1, 0.15) is 13.8 Å². The van der Waals surface area contributed by atoms with Gasteiger partial charge in [-0.1, -0.05) is 6.58 Å². The number of ether oxygens (including phenoxy) is 3. The molecular weight excluding hydrogens is 456 g/mol. The molecule has 0 aliphatic heterocycles. The molecule has 8 nitrogen and oxygen atoms in total. The van der Waals surface area contributed by atoms with Crippen molar-refractivity contribution in [2.24, 2.45) is 0 Å². The Labute approximate surface area is 157 Å². The molecule has 0 spiro atoms. The molecule has 0 fully saturated rings. The highest BCUT2D eigenvalue weighted by molar-refractivity contribution is 7.86. The van der Waals surface area contributed by atoms with E-state index in [1.165, 1.54) is 0 Å². The number of carbonyl (C=O) groups is 2. The third kappa shape index (κ3) is 6.49. The van der Waals surface area contributed by atoms with Crippen LogP contribution in [0.25, 0.3) is 0 Å². The van der Waals surface area contributed by atoms with Gasteiger partial charge in [-0.2, -0.15) is 43.5 Å². The van der Waals surface area contributed by atoms with E-state index >= 15 is 0 Å². The molecule has 0 bridgehead atoms. The maximum Gasteiger partial charge on any atom is 0.468 e. The number of esters is 2. The van der Waals surface area contributed by atoms with Gasteiger partial charge in [0, 0.05) is 0 Å². The molecule has 1 atom stereocenters. The zero-order chi connectivity index (χ0) is 23.6. The van der Waals surface area contributed by atoms with Crippen LogP contribution in [0.2, 0.25) is 0 Å². The average Bonchev–Trinajstić information content (AvgIpc) is 2.46. The lowest BCUT2D eigenvalue weighted by Gasteiger charge is -2.33. The predicted octanol–water partition coefficient (Wildman–Crippen LogP) is 2.36. The number of hydrogen-bond acceptors (Lipinski definition) is 7. The molecule has 0 aromatic rings. The molecule has 0 aliphatic carbocycles. The topological polar surface area (TPSA) is 116 Å². The summed E-state index contributed by atoms with van der Waals surface area (Å²) in [6, 6.07) is 0. The van der Waals surface area contributed by atoms with E-state index in [2.05, 4.69) is 20.8 Å². The normalized spacial score (nSPS) is 15.6. The lowest BCUT2D eigenvalue weighted by Crippen LogP contribution is -2.60. The van der Waals surface area contributed by atoms with Crippen molar-refractivity contribution < 1.29 is 71.9 Å². The van der Waals surface area contributed by atoms with Crippen LogP contribution >= 0.6 is 0 Å². The van der Waals surface area contributed by atoms with Crippen molar-refractivity contribution in [2.45, 2.75) is 43.3 Å². The first-order valence-corrected chi connectivity index (χ1v) is 8.28. The van der Waals surface area contributed by atoms with E-state index in [0.717, 1.165) is 13.8 Å². The van der Waals surface area contributed by atoms with Gasteiger partial charge < -0.3 is 14.2 Å². The van der Waals surface area contributed by atoms with E-state index in [1.807, 2.05) is 0 Å². The van der Waals surface area contributed by atoms with E-state index < -0.39 is 63.7 Å². The highest BCUT2D eigenvalue weighted by atomic mass is 32.2. The van der Waals surface area contributed by atoms with Crippen molar-refractivity contribution in [3.05, 3.63) is 12.2 Å². The molecule has 0 saturated carbocycles. The molecule has 0 aromatic carbocycles. The molecular formula is C12H12F8O8S. The van der Waals surface area contributed by atoms with Crippen LogP contribution in [0.4, 0.5) is 35.1 Å². The molecule has 1 N–H and O–H groups in total. The van der Waals surface area contributed by atoms with E-state index in [4.69, 9.17) is 4.55 Å². The summed E-state index contributed by atoms with van der Waals surface area (Å²) in [5.74, 6) is -11.0. The molecule has 0 amide bonds. The quantitative estimate of drug-likeness (QED) is 0.190. The minimum atomic E-state index is -6.40. The molecule has 0 rings (SSSR count). The van der Waals surface area contributed by atoms with Crippen LogP contribution in [0.5, 0.6) is 0 Å². The summed E-state index contributed by atoms with van der Waals surface area (Å²) in [6.45, 7) is 0.972. The van der Waals surface area contributed by atoms with Crippen molar-refractivity contribution in [1.29, 1.82) is 0 Å². The summed E-state index contributed by atoms with van der Waals surface area (Å²) < 4.78 is 144. The monoisotopic (exact) mass is 468 g/mol. The van der Waals surface area contributed by atoms with Crippen molar-refractivity contribution in [1.82, 2.24) is 0 Å². The Morgan fingerprint density at radius 3 is 1.79 bits per heavy atom. The summed E-state index contributed by atoms with van der Waals surface area (Å²) >= 11 is 0. The largest absolute Gasteiger partial charge is 0.468 e. The van der Waals surface area contributed by atoms with Gasteiger partial charge in [-0.3, -0.25) is 4.55 Å². The Morgan fingerprint density at radius 2 is 1.48 bits per heavy atom. The second kappa shape index (κ2) is 8.39. The average molecular weight is 468 g/mol. The SMILES string of the molecule is C=C(C(=O)OC(OCC(F)(F)S(=O)(=O)O)(C(=O)OC(C)C)C(F)(F)F)C(F)(F)F. The molecule has 29 heavy (non-hydrogen) atoms. The fourth-order valence-electron chi connectivity index (χ4n) is 1.25. The third-order valence-electron chi connectivity index (χ3n) is 2.63. The lowest BCUT2D eigenvalue weighted by molar-refractivity contribution is -0.361. The van der Waals surface area contributed by atoms with E-state index in [0.29, 0.717) is 0 Å². The minimum absolute atomic E-state index is 0.919. The summed E-state index contributed by atoms with van der Waals surface area (Å²) in [5, 5.41) is -5.49. The van der Waals surface area contributed by atoms with Crippen LogP contribution in [0, 0.1) is 0 Å². The van der Waals surface area contributed by atoms with Gasteiger partial charge in [0.15, 0.2) is 0 Å². The standard InChI is InChI=1S/C12H12F8O8S/c1-5(2)27-8(22)10(12(18,19)20,26-4-9(13,14)29(23,24)25)28-7(21)6(3)11(15,16)17/h5H,3-4H2,1-2H3,(H,23,24,25). The van der Waals surface area contributed by atoms with Gasteiger partial charge in [-0.05, 0) is 13.8 Å². The van der Waals surface area contributed by atoms with Gasteiger partial charge in [-0.15, -0.1) is 0 Å². The summed E-state index contributed by atoms with van der Waals surface area (Å²) in [6.07, 6.45) is -13.5. The summed E-state index contributed by atoms with van der Waals surface area (Å²) in [7, 11) is -6.40. The predicted molar refractivity (Wildman–Crippen MR) is 73.7 cm³/mol. The first-order valence-electron chi connectivity index (χ1n) is 6.84. The fraction of sp³-hybridized carbons (Fsp3) is 0.667. The van der Waals surface area contributed by atoms with E-state index in [1.54, 1.807) is 0 Å². The molecule has 0 radical (unpaired) electrons. The number of hydrogen-bond donors (Lipinski definition) is 1. The molecule has 0 heterocycles. The summed E-state index contributed by atoms with van der Waals surface area (Å²) in [5.41, 5.74) is -2.59. The molecule has 0 aromatic heterocycles. The van der Waals surface area contributed by atoms with Crippen LogP contribution in [0.15, 0.2) is 12.2 Å². The smallest absolute Gasteiger partial charge is 0.458 e. The van der Waals surface area contributed by atoms with Gasteiger partial charge in [-0.25, -0.2) is 9.59 Å². The maximum atomic E-state index is 13.4. The second-order valence-electron chi connectivity index (χ2n) is 5.34. The lowest BCUT2D eigenvalue weighted by atomic mass is 10.2. The Hall–Kier alpha value is -2.01. The molecule has 0 aliphatic rings.